The molecule has 4 rings (SSSR count). The first kappa shape index (κ1) is 24.6. The number of carbonyl (C=O) groups is 1. The Morgan fingerprint density at radius 2 is 2.06 bits per heavy atom. The molecule has 0 saturated heterocycles. The van der Waals surface area contributed by atoms with Gasteiger partial charge in [-0.25, -0.2) is 0 Å². The molecule has 5 N–H and O–H groups in total. The van der Waals surface area contributed by atoms with E-state index in [1.165, 1.54) is 6.20 Å². The minimum Gasteiger partial charge on any atom is -0.504 e. The van der Waals surface area contributed by atoms with Crippen LogP contribution in [-0.4, -0.2) is 38.9 Å². The van der Waals surface area contributed by atoms with E-state index in [-0.39, 0.29) is 30.1 Å². The number of para-hydroxylation sites is 2. The number of nitrogens with one attached hydrogen (secondary N) is 4. The van der Waals surface area contributed by atoms with E-state index in [9.17, 15) is 9.90 Å². The van der Waals surface area contributed by atoms with Crippen molar-refractivity contribution in [3.05, 3.63) is 52.3 Å². The number of allylic oxidation sites excluding steroid dienone is 1. The summed E-state index contributed by atoms with van der Waals surface area (Å²) in [5.41, 5.74) is 2.50. The third-order valence-corrected chi connectivity index (χ3v) is 5.57. The van der Waals surface area contributed by atoms with Gasteiger partial charge >= 0.3 is 6.04 Å². The van der Waals surface area contributed by atoms with Gasteiger partial charge in [0.15, 0.2) is 17.0 Å². The first-order valence-electron chi connectivity index (χ1n) is 11.5. The van der Waals surface area contributed by atoms with Crippen LogP contribution in [0.2, 0.25) is 0 Å². The zero-order valence-electron chi connectivity index (χ0n) is 19.8. The van der Waals surface area contributed by atoms with Crippen molar-refractivity contribution in [1.82, 2.24) is 25.8 Å². The monoisotopic (exact) mass is 466 g/mol. The molecule has 0 bridgehead atoms. The van der Waals surface area contributed by atoms with E-state index < -0.39 is 6.04 Å². The molecule has 1 fully saturated rings. The van der Waals surface area contributed by atoms with E-state index in [0.717, 1.165) is 31.2 Å². The Labute approximate surface area is 198 Å². The molecule has 1 aliphatic rings. The number of rotatable bonds is 8. The summed E-state index contributed by atoms with van der Waals surface area (Å²) in [7, 11) is 0. The van der Waals surface area contributed by atoms with Gasteiger partial charge in [-0.1, -0.05) is 43.7 Å². The van der Waals surface area contributed by atoms with E-state index in [4.69, 9.17) is 11.0 Å². The molecule has 3 aromatic rings. The highest BCUT2D eigenvalue weighted by atomic mass is 16.4. The first-order chi connectivity index (χ1) is 16.6. The maximum absolute atomic E-state index is 13.2. The molecule has 1 saturated carbocycles. The molecule has 1 unspecified atom stereocenters. The standard InChI is InChI=1S/C22H25N7O3.C2H6/c1-13(24-12-25-22-28-15-9-5-6-10-17(15)32-22)18(21(31)27-14-7-3-4-8-14)20(23-2)19-16(30)11-26-29-19;1-2/h2,5-6,9-11,14,20H,3-4,7-8,12H2,1H3,(H4-,24,25,26,27,28,29,30,31);1-2H3/p+1. The van der Waals surface area contributed by atoms with Gasteiger partial charge in [-0.2, -0.15) is 10.1 Å². The Morgan fingerprint density at radius 1 is 1.32 bits per heavy atom. The van der Waals surface area contributed by atoms with E-state index >= 15 is 0 Å². The molecule has 10 heteroatoms. The Morgan fingerprint density at radius 3 is 2.71 bits per heavy atom. The van der Waals surface area contributed by atoms with Crippen LogP contribution >= 0.6 is 0 Å². The van der Waals surface area contributed by atoms with Gasteiger partial charge in [0.25, 0.3) is 18.5 Å². The molecule has 1 aliphatic carbocycles. The number of fused-ring (bicyclic) bond motifs is 1. The number of oxazole rings is 1. The number of carbonyl (C=O) groups excluding carboxylic acids is 1. The molecule has 1 aromatic carbocycles. The van der Waals surface area contributed by atoms with E-state index in [0.29, 0.717) is 22.9 Å². The summed E-state index contributed by atoms with van der Waals surface area (Å²) in [6.45, 7) is 11.7. The number of hydrogen-bond donors (Lipinski definition) is 5. The summed E-state index contributed by atoms with van der Waals surface area (Å²) < 4.78 is 5.65. The van der Waals surface area contributed by atoms with Gasteiger partial charge in [0.1, 0.15) is 11.1 Å². The highest BCUT2D eigenvalue weighted by Gasteiger charge is 2.37. The third-order valence-electron chi connectivity index (χ3n) is 5.57. The highest BCUT2D eigenvalue weighted by Crippen LogP contribution is 2.32. The van der Waals surface area contributed by atoms with Gasteiger partial charge < -0.3 is 25.5 Å². The third kappa shape index (κ3) is 5.67. The van der Waals surface area contributed by atoms with Crippen LogP contribution in [-0.2, 0) is 4.79 Å². The fraction of sp³-hybridized carbons (Fsp3) is 0.417. The average molecular weight is 467 g/mol. The van der Waals surface area contributed by atoms with Crippen LogP contribution in [0.4, 0.5) is 6.01 Å². The van der Waals surface area contributed by atoms with Gasteiger partial charge in [0.2, 0.25) is 0 Å². The van der Waals surface area contributed by atoms with Crippen LogP contribution in [0.15, 0.2) is 46.1 Å². The summed E-state index contributed by atoms with van der Waals surface area (Å²) in [5, 5.41) is 25.9. The number of hydrogen-bond acceptors (Lipinski definition) is 7. The smallest absolute Gasteiger partial charge is 0.348 e. The second kappa shape index (κ2) is 11.7. The minimum absolute atomic E-state index is 0.108. The molecule has 34 heavy (non-hydrogen) atoms. The molecule has 2 aromatic heterocycles. The first-order valence-corrected chi connectivity index (χ1v) is 11.5. The minimum atomic E-state index is -0.921. The topological polar surface area (TPSA) is 132 Å². The number of aromatic amines is 1. The lowest BCUT2D eigenvalue weighted by Gasteiger charge is -2.17. The molecular formula is C24H32N7O3+. The molecule has 0 aliphatic heterocycles. The van der Waals surface area contributed by atoms with Crippen LogP contribution in [0.5, 0.6) is 5.75 Å². The molecule has 10 nitrogen and oxygen atoms in total. The highest BCUT2D eigenvalue weighted by molar-refractivity contribution is 5.96. The van der Waals surface area contributed by atoms with Crippen molar-refractivity contribution in [1.29, 1.82) is 0 Å². The second-order valence-electron chi connectivity index (χ2n) is 7.73. The Bertz CT molecular complexity index is 1140. The van der Waals surface area contributed by atoms with Gasteiger partial charge in [0, 0.05) is 11.7 Å². The normalized spacial score (nSPS) is 15.0. The number of benzene rings is 1. The van der Waals surface area contributed by atoms with Crippen LogP contribution in [0.25, 0.3) is 15.9 Å². The summed E-state index contributed by atoms with van der Waals surface area (Å²) in [5.74, 6) is -0.412. The Hall–Kier alpha value is -4.00. The molecular weight excluding hydrogens is 434 g/mol. The van der Waals surface area contributed by atoms with Crippen molar-refractivity contribution < 1.29 is 14.3 Å². The number of nitrogens with zero attached hydrogens (tertiary/aromatic N) is 3. The predicted molar refractivity (Wildman–Crippen MR) is 131 cm³/mol. The number of anilines is 1. The van der Waals surface area contributed by atoms with Gasteiger partial charge in [-0.05, 0) is 31.9 Å². The summed E-state index contributed by atoms with van der Waals surface area (Å²) >= 11 is 0. The lowest BCUT2D eigenvalue weighted by molar-refractivity contribution is -0.118. The Kier molecular flexibility index (Phi) is 8.51. The fourth-order valence-electron chi connectivity index (χ4n) is 3.91. The summed E-state index contributed by atoms with van der Waals surface area (Å²) in [6.07, 6.45) is 5.29. The van der Waals surface area contributed by atoms with Crippen LogP contribution < -0.4 is 16.0 Å². The number of aromatic nitrogens is 3. The van der Waals surface area contributed by atoms with Crippen molar-refractivity contribution in [2.45, 2.75) is 58.5 Å². The molecule has 1 atom stereocenters. The quantitative estimate of drug-likeness (QED) is 0.247. The SMILES string of the molecule is C#[N+]C(/C(C(=O)NC1CCCC1)=C(/C)NCNc1nc2ccccc2o1)c1[nH]ncc1O.CC. The predicted octanol–water partition coefficient (Wildman–Crippen LogP) is 4.28. The van der Waals surface area contributed by atoms with Crippen molar-refractivity contribution in [3.63, 3.8) is 0 Å². The maximum Gasteiger partial charge on any atom is 0.348 e. The molecule has 2 heterocycles. The largest absolute Gasteiger partial charge is 0.504 e. The maximum atomic E-state index is 13.2. The zero-order chi connectivity index (χ0) is 24.5. The van der Waals surface area contributed by atoms with Crippen molar-refractivity contribution >= 4 is 23.0 Å². The number of H-pyrrole nitrogens is 1. The van der Waals surface area contributed by atoms with Crippen LogP contribution in [0.3, 0.4) is 0 Å². The zero-order valence-corrected chi connectivity index (χ0v) is 19.8. The molecule has 180 valence electrons. The van der Waals surface area contributed by atoms with E-state index in [1.54, 1.807) is 6.92 Å². The average Bonchev–Trinajstić information content (AvgIpc) is 3.59. The van der Waals surface area contributed by atoms with Gasteiger partial charge in [-0.15, -0.1) is 0 Å². The molecule has 0 spiro atoms. The molecule has 0 radical (unpaired) electrons. The second-order valence-corrected chi connectivity index (χ2v) is 7.73. The Balaban J connectivity index is 0.00000158. The molecule has 1 amide bonds. The van der Waals surface area contributed by atoms with E-state index in [2.05, 4.69) is 36.0 Å². The number of aromatic hydroxyl groups is 1. The summed E-state index contributed by atoms with van der Waals surface area (Å²) in [6, 6.07) is 7.00. The number of amides is 1. The van der Waals surface area contributed by atoms with Gasteiger partial charge in [0.05, 0.1) is 12.9 Å². The fourth-order valence-corrected chi connectivity index (χ4v) is 3.91. The van der Waals surface area contributed by atoms with E-state index in [1.807, 2.05) is 38.1 Å². The van der Waals surface area contributed by atoms with Crippen LogP contribution in [0.1, 0.15) is 58.2 Å². The van der Waals surface area contributed by atoms with Crippen molar-refractivity contribution in [2.24, 2.45) is 0 Å². The summed E-state index contributed by atoms with van der Waals surface area (Å²) in [4.78, 5) is 21.4. The van der Waals surface area contributed by atoms with Crippen molar-refractivity contribution in [3.8, 4) is 12.3 Å². The lowest BCUT2D eigenvalue weighted by Crippen LogP contribution is -2.37. The van der Waals surface area contributed by atoms with Gasteiger partial charge in [-0.3, -0.25) is 9.89 Å². The van der Waals surface area contributed by atoms with Crippen molar-refractivity contribution in [2.75, 3.05) is 12.0 Å². The lowest BCUT2D eigenvalue weighted by atomic mass is 10.0. The van der Waals surface area contributed by atoms with Crippen LogP contribution in [0, 0.1) is 6.57 Å².